The summed E-state index contributed by atoms with van der Waals surface area (Å²) in [4.78, 5) is 9.25. The first-order chi connectivity index (χ1) is 15.8. The molecule has 0 spiro atoms. The van der Waals surface area contributed by atoms with Gasteiger partial charge in [0.1, 0.15) is 16.2 Å². The van der Waals surface area contributed by atoms with Crippen molar-refractivity contribution in [3.63, 3.8) is 0 Å². The van der Waals surface area contributed by atoms with E-state index in [1.807, 2.05) is 25.1 Å². The molecule has 0 fully saturated rings. The molecule has 0 radical (unpaired) electrons. The van der Waals surface area contributed by atoms with Gasteiger partial charge in [-0.05, 0) is 54.4 Å². The number of halogens is 1. The topological polar surface area (TPSA) is 103 Å². The molecule has 3 aromatic carbocycles. The van der Waals surface area contributed by atoms with Crippen molar-refractivity contribution in [3.8, 4) is 0 Å². The van der Waals surface area contributed by atoms with Gasteiger partial charge in [0.15, 0.2) is 5.65 Å². The van der Waals surface area contributed by atoms with Gasteiger partial charge in [-0.3, -0.25) is 0 Å². The van der Waals surface area contributed by atoms with Crippen LogP contribution in [0.5, 0.6) is 0 Å². The summed E-state index contributed by atoms with van der Waals surface area (Å²) in [6, 6.07) is 20.9. The molecule has 2 heterocycles. The third-order valence-electron chi connectivity index (χ3n) is 5.19. The highest BCUT2D eigenvalue weighted by Crippen LogP contribution is 2.35. The van der Waals surface area contributed by atoms with Gasteiger partial charge in [0.25, 0.3) is 0 Å². The highest BCUT2D eigenvalue weighted by molar-refractivity contribution is 7.92. The van der Waals surface area contributed by atoms with Crippen LogP contribution in [0.3, 0.4) is 0 Å². The van der Waals surface area contributed by atoms with Gasteiger partial charge in [0.05, 0.1) is 22.1 Å². The lowest BCUT2D eigenvalue weighted by atomic mass is 10.2. The van der Waals surface area contributed by atoms with E-state index in [2.05, 4.69) is 15.1 Å². The van der Waals surface area contributed by atoms with Crippen molar-refractivity contribution in [1.29, 1.82) is 0 Å². The predicted molar refractivity (Wildman–Crippen MR) is 131 cm³/mol. The lowest BCUT2D eigenvalue weighted by molar-refractivity contribution is 0.597. The van der Waals surface area contributed by atoms with E-state index in [9.17, 15) is 8.42 Å². The van der Waals surface area contributed by atoms with E-state index in [-0.39, 0.29) is 26.8 Å². The molecule has 33 heavy (non-hydrogen) atoms. The first kappa shape index (κ1) is 21.1. The number of anilines is 1. The Labute approximate surface area is 195 Å². The SMILES string of the molecule is Cc1cccc(S(=O)(=O)c2c(N)n(/N=C/c3ccc(Cl)cc3)c3nc4ccccc4nc23)c1. The number of fused-ring (bicyclic) bond motifs is 2. The van der Waals surface area contributed by atoms with E-state index in [1.165, 1.54) is 10.7 Å². The van der Waals surface area contributed by atoms with Crippen LogP contribution in [0.4, 0.5) is 5.82 Å². The monoisotopic (exact) mass is 475 g/mol. The molecule has 9 heteroatoms. The average Bonchev–Trinajstić information content (AvgIpc) is 3.08. The number of aryl methyl sites for hydroxylation is 1. The summed E-state index contributed by atoms with van der Waals surface area (Å²) >= 11 is 5.96. The maximum absolute atomic E-state index is 13.7. The van der Waals surface area contributed by atoms with E-state index >= 15 is 0 Å². The smallest absolute Gasteiger partial charge is 0.212 e. The number of hydrogen-bond acceptors (Lipinski definition) is 6. The zero-order chi connectivity index (χ0) is 23.2. The number of aromatic nitrogens is 3. The highest BCUT2D eigenvalue weighted by Gasteiger charge is 2.30. The number of nitrogens with zero attached hydrogens (tertiary/aromatic N) is 4. The molecule has 2 aromatic heterocycles. The number of nitrogen functional groups attached to an aromatic ring is 1. The molecule has 0 saturated heterocycles. The Hall–Kier alpha value is -3.75. The van der Waals surface area contributed by atoms with Crippen molar-refractivity contribution in [2.75, 3.05) is 5.73 Å². The van der Waals surface area contributed by atoms with Crippen molar-refractivity contribution in [1.82, 2.24) is 14.6 Å². The third kappa shape index (κ3) is 3.73. The molecule has 0 unspecified atom stereocenters. The molecule has 0 bridgehead atoms. The van der Waals surface area contributed by atoms with E-state index in [0.717, 1.165) is 11.1 Å². The standard InChI is InChI=1S/C24H18ClN5O2S/c1-15-5-4-6-18(13-15)33(31,32)22-21-24(29-20-8-3-2-7-19(20)28-21)30(23(22)26)27-14-16-9-11-17(25)12-10-16/h2-14H,26H2,1H3/b27-14+. The van der Waals surface area contributed by atoms with Crippen molar-refractivity contribution in [2.24, 2.45) is 5.10 Å². The zero-order valence-corrected chi connectivity index (χ0v) is 19.0. The molecule has 7 nitrogen and oxygen atoms in total. The molecule has 0 aliphatic rings. The number of para-hydroxylation sites is 2. The Morgan fingerprint density at radius 1 is 0.970 bits per heavy atom. The Balaban J connectivity index is 1.79. The minimum absolute atomic E-state index is 0.0629. The molecule has 0 aliphatic heterocycles. The second-order valence-corrected chi connectivity index (χ2v) is 9.85. The van der Waals surface area contributed by atoms with Crippen LogP contribution in [-0.4, -0.2) is 29.3 Å². The number of rotatable bonds is 4. The summed E-state index contributed by atoms with van der Waals surface area (Å²) in [5, 5.41) is 5.04. The van der Waals surface area contributed by atoms with Crippen LogP contribution in [0.15, 0.2) is 87.7 Å². The minimum atomic E-state index is -3.99. The summed E-state index contributed by atoms with van der Waals surface area (Å²) < 4.78 is 28.6. The van der Waals surface area contributed by atoms with Crippen LogP contribution in [0.2, 0.25) is 5.02 Å². The normalized spacial score (nSPS) is 12.2. The van der Waals surface area contributed by atoms with Gasteiger partial charge in [-0.2, -0.15) is 9.78 Å². The van der Waals surface area contributed by atoms with Gasteiger partial charge < -0.3 is 5.73 Å². The average molecular weight is 476 g/mol. The second kappa shape index (κ2) is 7.99. The van der Waals surface area contributed by atoms with Gasteiger partial charge in [-0.25, -0.2) is 18.4 Å². The fraction of sp³-hybridized carbons (Fsp3) is 0.0417. The van der Waals surface area contributed by atoms with Crippen LogP contribution in [-0.2, 0) is 9.84 Å². The van der Waals surface area contributed by atoms with Crippen LogP contribution < -0.4 is 5.73 Å². The van der Waals surface area contributed by atoms with Gasteiger partial charge >= 0.3 is 0 Å². The summed E-state index contributed by atoms with van der Waals surface area (Å²) in [5.74, 6) is -0.0629. The van der Waals surface area contributed by atoms with Gasteiger partial charge in [0, 0.05) is 5.02 Å². The van der Waals surface area contributed by atoms with E-state index in [0.29, 0.717) is 16.1 Å². The van der Waals surface area contributed by atoms with Gasteiger partial charge in [-0.15, -0.1) is 0 Å². The van der Waals surface area contributed by atoms with Crippen LogP contribution in [0, 0.1) is 6.92 Å². The van der Waals surface area contributed by atoms with E-state index in [1.54, 1.807) is 54.7 Å². The zero-order valence-electron chi connectivity index (χ0n) is 17.5. The van der Waals surface area contributed by atoms with Crippen LogP contribution in [0.25, 0.3) is 22.2 Å². The lowest BCUT2D eigenvalue weighted by Gasteiger charge is -2.06. The first-order valence-corrected chi connectivity index (χ1v) is 11.9. The van der Waals surface area contributed by atoms with Gasteiger partial charge in [-0.1, -0.05) is 48.0 Å². The fourth-order valence-electron chi connectivity index (χ4n) is 3.58. The van der Waals surface area contributed by atoms with E-state index in [4.69, 9.17) is 17.3 Å². The number of sulfone groups is 1. The quantitative estimate of drug-likeness (QED) is 0.374. The Morgan fingerprint density at radius 3 is 2.36 bits per heavy atom. The van der Waals surface area contributed by atoms with Gasteiger partial charge in [0.2, 0.25) is 9.84 Å². The Morgan fingerprint density at radius 2 is 1.67 bits per heavy atom. The predicted octanol–water partition coefficient (Wildman–Crippen LogP) is 4.84. The molecular formula is C24H18ClN5O2S. The van der Waals surface area contributed by atoms with Crippen molar-refractivity contribution in [2.45, 2.75) is 16.7 Å². The molecule has 5 rings (SSSR count). The van der Waals surface area contributed by atoms with Crippen molar-refractivity contribution < 1.29 is 8.42 Å². The summed E-state index contributed by atoms with van der Waals surface area (Å²) in [7, 11) is -3.99. The third-order valence-corrected chi connectivity index (χ3v) is 7.26. The Kier molecular flexibility index (Phi) is 5.11. The van der Waals surface area contributed by atoms with Crippen molar-refractivity contribution >= 4 is 55.7 Å². The maximum atomic E-state index is 13.7. The van der Waals surface area contributed by atoms with E-state index < -0.39 is 9.84 Å². The molecule has 5 aromatic rings. The molecule has 0 atom stereocenters. The molecule has 0 saturated carbocycles. The first-order valence-electron chi connectivity index (χ1n) is 10.0. The lowest BCUT2D eigenvalue weighted by Crippen LogP contribution is -2.07. The van der Waals surface area contributed by atoms with Crippen molar-refractivity contribution in [3.05, 3.63) is 88.9 Å². The molecule has 2 N–H and O–H groups in total. The second-order valence-electron chi connectivity index (χ2n) is 7.53. The summed E-state index contributed by atoms with van der Waals surface area (Å²) in [6.45, 7) is 1.83. The fourth-order valence-corrected chi connectivity index (χ4v) is 5.29. The molecular weight excluding hydrogens is 458 g/mol. The summed E-state index contributed by atoms with van der Waals surface area (Å²) in [5.41, 5.74) is 9.56. The van der Waals surface area contributed by atoms with Crippen LogP contribution in [0.1, 0.15) is 11.1 Å². The minimum Gasteiger partial charge on any atom is -0.382 e. The Bertz CT molecular complexity index is 1660. The molecule has 0 aliphatic carbocycles. The number of benzene rings is 3. The number of hydrogen-bond donors (Lipinski definition) is 1. The summed E-state index contributed by atoms with van der Waals surface area (Å²) in [6.07, 6.45) is 1.56. The molecule has 0 amide bonds. The maximum Gasteiger partial charge on any atom is 0.212 e. The van der Waals surface area contributed by atoms with Crippen LogP contribution >= 0.6 is 11.6 Å². The number of nitrogens with two attached hydrogens (primary N) is 1. The highest BCUT2D eigenvalue weighted by atomic mass is 35.5. The largest absolute Gasteiger partial charge is 0.382 e. The molecule has 164 valence electrons.